The Kier molecular flexibility index (Phi) is 13.9. The van der Waals surface area contributed by atoms with Crippen LogP contribution in [0.3, 0.4) is 0 Å². The van der Waals surface area contributed by atoms with Gasteiger partial charge in [-0.25, -0.2) is 9.46 Å². The summed E-state index contributed by atoms with van der Waals surface area (Å²) < 4.78 is 40.3. The molecule has 2 aliphatic rings. The number of nitrogens with one attached hydrogen (secondary N) is 1. The van der Waals surface area contributed by atoms with Gasteiger partial charge in [0.2, 0.25) is 5.91 Å². The van der Waals surface area contributed by atoms with Crippen LogP contribution in [-0.4, -0.2) is 86.0 Å². The van der Waals surface area contributed by atoms with Gasteiger partial charge in [-0.1, -0.05) is 61.5 Å². The van der Waals surface area contributed by atoms with Crippen LogP contribution in [0.25, 0.3) is 0 Å². The van der Waals surface area contributed by atoms with E-state index >= 15 is 0 Å². The summed E-state index contributed by atoms with van der Waals surface area (Å²) in [5.41, 5.74) is 1.48. The molecule has 0 saturated carbocycles. The third-order valence-corrected chi connectivity index (χ3v) is 11.6. The summed E-state index contributed by atoms with van der Waals surface area (Å²) in [5, 5.41) is 11.8. The molecule has 1 N–H and O–H groups in total. The van der Waals surface area contributed by atoms with Crippen molar-refractivity contribution in [2.24, 2.45) is 5.92 Å². The van der Waals surface area contributed by atoms with E-state index in [0.29, 0.717) is 17.9 Å². The van der Waals surface area contributed by atoms with Gasteiger partial charge in [0.1, 0.15) is 29.4 Å². The Morgan fingerprint density at radius 3 is 2.02 bits per heavy atom. The van der Waals surface area contributed by atoms with E-state index in [4.69, 9.17) is 28.0 Å². The zero-order chi connectivity index (χ0) is 38.1. The van der Waals surface area contributed by atoms with Crippen molar-refractivity contribution < 1.29 is 37.6 Å². The molecule has 5 atom stereocenters. The molecule has 284 valence electrons. The summed E-state index contributed by atoms with van der Waals surface area (Å²) in [6, 6.07) is 27.4. The summed E-state index contributed by atoms with van der Waals surface area (Å²) >= 11 is 0. The summed E-state index contributed by atoms with van der Waals surface area (Å²) in [4.78, 5) is 27.1. The van der Waals surface area contributed by atoms with Gasteiger partial charge in [0.15, 0.2) is 0 Å². The minimum Gasteiger partial charge on any atom is -0.497 e. The molecule has 3 aromatic carbocycles. The lowest BCUT2D eigenvalue weighted by atomic mass is 9.80. The van der Waals surface area contributed by atoms with Crippen molar-refractivity contribution in [2.45, 2.75) is 83.6 Å². The fourth-order valence-corrected chi connectivity index (χ4v) is 8.61. The zero-order valence-corrected chi connectivity index (χ0v) is 32.5. The number of hydrogen-bond donors (Lipinski definition) is 1. The molecule has 13 heteroatoms. The van der Waals surface area contributed by atoms with Crippen LogP contribution < -0.4 is 14.8 Å². The van der Waals surface area contributed by atoms with Crippen LogP contribution in [0.2, 0.25) is 0 Å². The van der Waals surface area contributed by atoms with E-state index in [2.05, 4.69) is 43.8 Å². The number of benzene rings is 3. The van der Waals surface area contributed by atoms with E-state index in [1.165, 1.54) is 0 Å². The number of rotatable bonds is 17. The number of urea groups is 1. The summed E-state index contributed by atoms with van der Waals surface area (Å²) in [6.45, 7) is 10.6. The predicted octanol–water partition coefficient (Wildman–Crippen LogP) is 6.98. The van der Waals surface area contributed by atoms with Gasteiger partial charge in [0.05, 0.1) is 51.9 Å². The Morgan fingerprint density at radius 2 is 1.49 bits per heavy atom. The standard InChI is InChI=1S/C40H51N4O8P/c1-27(2)44(28(3)4)53(50-23-11-22-41)52-35-24-37(43-25-29(5)38(45)42-39(43)46)51-36(35)26-49-40(30-12-9-8-10-13-30,31-14-18-33(47-6)19-15-31)32-16-20-34(48-7)21-17-32/h8-10,12-21,27-29,35-37H,11,23-26H2,1-7H3,(H,42,45,46)/t29?,35-,36+,37+,53?/m0/s1. The Hall–Kier alpha value is -4.08. The number of ether oxygens (including phenoxy) is 4. The fourth-order valence-electron chi connectivity index (χ4n) is 6.85. The van der Waals surface area contributed by atoms with E-state index in [1.807, 2.05) is 78.9 Å². The Morgan fingerprint density at radius 1 is 0.925 bits per heavy atom. The number of methoxy groups -OCH3 is 2. The largest absolute Gasteiger partial charge is 0.497 e. The highest BCUT2D eigenvalue weighted by Gasteiger charge is 2.47. The number of carbonyl (C=O) groups is 2. The van der Waals surface area contributed by atoms with E-state index < -0.39 is 44.5 Å². The van der Waals surface area contributed by atoms with E-state index in [-0.39, 0.29) is 44.2 Å². The first-order valence-corrected chi connectivity index (χ1v) is 19.2. The topological polar surface area (TPSA) is 132 Å². The molecule has 0 bridgehead atoms. The number of hydrogen-bond acceptors (Lipinski definition) is 10. The second-order valence-corrected chi connectivity index (χ2v) is 15.1. The van der Waals surface area contributed by atoms with Gasteiger partial charge in [-0.3, -0.25) is 15.0 Å². The molecule has 53 heavy (non-hydrogen) atoms. The lowest BCUT2D eigenvalue weighted by Crippen LogP contribution is -2.57. The van der Waals surface area contributed by atoms with Gasteiger partial charge in [-0.15, -0.1) is 0 Å². The first-order chi connectivity index (χ1) is 25.5. The molecule has 0 aliphatic carbocycles. The normalized spacial score (nSPS) is 21.2. The van der Waals surface area contributed by atoms with E-state index in [0.717, 1.165) is 16.7 Å². The van der Waals surface area contributed by atoms with Crippen LogP contribution in [0.4, 0.5) is 4.79 Å². The summed E-state index contributed by atoms with van der Waals surface area (Å²) in [5.74, 6) is 0.684. The zero-order valence-electron chi connectivity index (χ0n) is 31.6. The van der Waals surface area contributed by atoms with Crippen LogP contribution >= 0.6 is 8.53 Å². The maximum absolute atomic E-state index is 13.2. The number of nitriles is 1. The molecule has 3 amide bonds. The van der Waals surface area contributed by atoms with Crippen molar-refractivity contribution in [3.63, 3.8) is 0 Å². The lowest BCUT2D eigenvalue weighted by molar-refractivity contribution is -0.130. The molecule has 3 aromatic rings. The van der Waals surface area contributed by atoms with Crippen molar-refractivity contribution in [1.82, 2.24) is 14.9 Å². The molecule has 0 aromatic heterocycles. The molecule has 2 fully saturated rings. The van der Waals surface area contributed by atoms with Crippen LogP contribution in [0.15, 0.2) is 78.9 Å². The third-order valence-electron chi connectivity index (χ3n) is 9.46. The maximum Gasteiger partial charge on any atom is 0.326 e. The number of imide groups is 1. The Balaban J connectivity index is 1.57. The van der Waals surface area contributed by atoms with Crippen molar-refractivity contribution >= 4 is 20.5 Å². The van der Waals surface area contributed by atoms with Gasteiger partial charge < -0.3 is 28.0 Å². The van der Waals surface area contributed by atoms with Crippen molar-refractivity contribution in [2.75, 3.05) is 34.0 Å². The van der Waals surface area contributed by atoms with Gasteiger partial charge >= 0.3 is 6.03 Å². The first-order valence-electron chi connectivity index (χ1n) is 18.0. The smallest absolute Gasteiger partial charge is 0.326 e. The molecule has 2 saturated heterocycles. The summed E-state index contributed by atoms with van der Waals surface area (Å²) in [7, 11) is 1.61. The molecule has 2 heterocycles. The Bertz CT molecular complexity index is 1630. The average Bonchev–Trinajstić information content (AvgIpc) is 3.56. The molecule has 0 spiro atoms. The highest BCUT2D eigenvalue weighted by Crippen LogP contribution is 2.50. The predicted molar refractivity (Wildman–Crippen MR) is 201 cm³/mol. The van der Waals surface area contributed by atoms with Gasteiger partial charge in [-0.2, -0.15) is 5.26 Å². The quantitative estimate of drug-likeness (QED) is 0.0877. The molecular formula is C40H51N4O8P. The number of nitrogens with zero attached hydrogens (tertiary/aromatic N) is 3. The van der Waals surface area contributed by atoms with Crippen LogP contribution in [-0.2, 0) is 28.9 Å². The van der Waals surface area contributed by atoms with Gasteiger partial charge in [0.25, 0.3) is 8.53 Å². The fraction of sp³-hybridized carbons (Fsp3) is 0.475. The Labute approximate surface area is 314 Å². The minimum absolute atomic E-state index is 0.0583. The second-order valence-electron chi connectivity index (χ2n) is 13.7. The molecule has 5 rings (SSSR count). The lowest BCUT2D eigenvalue weighted by Gasteiger charge is -2.39. The van der Waals surface area contributed by atoms with Crippen LogP contribution in [0.5, 0.6) is 11.5 Å². The average molecular weight is 747 g/mol. The first kappa shape index (κ1) is 40.1. The van der Waals surface area contributed by atoms with Crippen molar-refractivity contribution in [1.29, 1.82) is 5.26 Å². The number of carbonyl (C=O) groups excluding carboxylic acids is 2. The maximum atomic E-state index is 13.2. The third kappa shape index (κ3) is 9.18. The van der Waals surface area contributed by atoms with Gasteiger partial charge in [0, 0.05) is 25.0 Å². The summed E-state index contributed by atoms with van der Waals surface area (Å²) in [6.07, 6.45) is -1.40. The highest BCUT2D eigenvalue weighted by atomic mass is 31.2. The van der Waals surface area contributed by atoms with Gasteiger partial charge in [-0.05, 0) is 68.7 Å². The van der Waals surface area contributed by atoms with Crippen molar-refractivity contribution in [3.8, 4) is 17.6 Å². The van der Waals surface area contributed by atoms with Crippen LogP contribution in [0.1, 0.15) is 64.2 Å². The highest BCUT2D eigenvalue weighted by molar-refractivity contribution is 7.44. The molecule has 0 radical (unpaired) electrons. The van der Waals surface area contributed by atoms with E-state index in [1.54, 1.807) is 26.0 Å². The molecule has 2 unspecified atom stereocenters. The van der Waals surface area contributed by atoms with Crippen LogP contribution in [0, 0.1) is 17.2 Å². The number of amides is 3. The molecule has 12 nitrogen and oxygen atoms in total. The van der Waals surface area contributed by atoms with Crippen molar-refractivity contribution in [3.05, 3.63) is 95.6 Å². The molecule has 2 aliphatic heterocycles. The van der Waals surface area contributed by atoms with E-state index in [9.17, 15) is 14.9 Å². The monoisotopic (exact) mass is 746 g/mol. The minimum atomic E-state index is -1.65. The SMILES string of the molecule is COc1ccc(C(OC[C@H]2O[C@@H](N3CC(C)C(=O)NC3=O)C[C@@H]2OP(OCCC#N)N(C(C)C)C(C)C)(c2ccccc2)c2ccc(OC)cc2)cc1. The molecular weight excluding hydrogens is 695 g/mol. The second kappa shape index (κ2) is 18.3.